The molecule has 92 valence electrons. The van der Waals surface area contributed by atoms with Crippen molar-refractivity contribution in [3.63, 3.8) is 0 Å². The molecule has 0 atom stereocenters. The first-order valence-electron chi connectivity index (χ1n) is 5.53. The number of hydrogen-bond donors (Lipinski definition) is 0. The Kier molecular flexibility index (Phi) is 4.30. The van der Waals surface area contributed by atoms with Gasteiger partial charge in [-0.3, -0.25) is 0 Å². The second-order valence-corrected chi connectivity index (χ2v) is 4.35. The summed E-state index contributed by atoms with van der Waals surface area (Å²) in [5, 5.41) is 13.1. The van der Waals surface area contributed by atoms with E-state index in [9.17, 15) is 0 Å². The Labute approximate surface area is 110 Å². The van der Waals surface area contributed by atoms with Crippen molar-refractivity contribution < 1.29 is 0 Å². The zero-order valence-corrected chi connectivity index (χ0v) is 11.1. The number of aromatic nitrogens is 3. The summed E-state index contributed by atoms with van der Waals surface area (Å²) in [7, 11) is 0. The lowest BCUT2D eigenvalue weighted by atomic mass is 10.2. The van der Waals surface area contributed by atoms with Crippen LogP contribution in [0, 0.1) is 6.92 Å². The largest absolute Gasteiger partial charge is 0.211 e. The number of aryl methyl sites for hydroxylation is 1. The minimum absolute atomic E-state index is 0.781. The van der Waals surface area contributed by atoms with Crippen LogP contribution < -0.4 is 0 Å². The van der Waals surface area contributed by atoms with E-state index in [1.807, 2.05) is 55.7 Å². The van der Waals surface area contributed by atoms with Crippen LogP contribution in [0.4, 0.5) is 0 Å². The third-order valence-corrected chi connectivity index (χ3v) is 2.93. The second kappa shape index (κ2) is 6.16. The van der Waals surface area contributed by atoms with Gasteiger partial charge in [-0.15, -0.1) is 10.2 Å². The summed E-state index contributed by atoms with van der Waals surface area (Å²) >= 11 is 1.52. The Morgan fingerprint density at radius 1 is 1.22 bits per heavy atom. The Hall–Kier alpha value is -1.88. The standard InChI is InChI=1S/C13H14N4S/c1-11-15-16-13(18-2)17(11)14-10-6-9-12-7-4-3-5-8-12/h3-10H,1-2H3/b9-6+,14-10-. The molecular weight excluding hydrogens is 244 g/mol. The summed E-state index contributed by atoms with van der Waals surface area (Å²) in [4.78, 5) is 0. The summed E-state index contributed by atoms with van der Waals surface area (Å²) in [5.74, 6) is 0.781. The van der Waals surface area contributed by atoms with E-state index in [1.54, 1.807) is 10.9 Å². The van der Waals surface area contributed by atoms with Crippen molar-refractivity contribution >= 4 is 24.1 Å². The fraction of sp³-hybridized carbons (Fsp3) is 0.154. The molecule has 2 aromatic rings. The van der Waals surface area contributed by atoms with Gasteiger partial charge in [0, 0.05) is 6.21 Å². The number of nitrogens with zero attached hydrogens (tertiary/aromatic N) is 4. The molecular formula is C13H14N4S. The quantitative estimate of drug-likeness (QED) is 0.625. The lowest BCUT2D eigenvalue weighted by Gasteiger charge is -1.96. The van der Waals surface area contributed by atoms with Crippen LogP contribution in [0.3, 0.4) is 0 Å². The molecule has 18 heavy (non-hydrogen) atoms. The van der Waals surface area contributed by atoms with E-state index in [0.29, 0.717) is 0 Å². The predicted octanol–water partition coefficient (Wildman–Crippen LogP) is 2.86. The molecule has 1 aromatic carbocycles. The average Bonchev–Trinajstić information content (AvgIpc) is 2.77. The Balaban J connectivity index is 2.08. The zero-order valence-electron chi connectivity index (χ0n) is 10.3. The maximum atomic E-state index is 4.31. The maximum absolute atomic E-state index is 4.31. The highest BCUT2D eigenvalue weighted by molar-refractivity contribution is 7.98. The topological polar surface area (TPSA) is 43.1 Å². The van der Waals surface area contributed by atoms with Crippen LogP contribution in [0.5, 0.6) is 0 Å². The first-order chi connectivity index (χ1) is 8.81. The van der Waals surface area contributed by atoms with Crippen LogP contribution in [0.15, 0.2) is 46.7 Å². The molecule has 0 N–H and O–H groups in total. The van der Waals surface area contributed by atoms with Crippen molar-refractivity contribution in [1.29, 1.82) is 0 Å². The highest BCUT2D eigenvalue weighted by Crippen LogP contribution is 2.12. The van der Waals surface area contributed by atoms with Gasteiger partial charge in [-0.2, -0.15) is 9.78 Å². The van der Waals surface area contributed by atoms with Gasteiger partial charge >= 0.3 is 0 Å². The molecule has 0 unspecified atom stereocenters. The normalized spacial score (nSPS) is 11.7. The van der Waals surface area contributed by atoms with E-state index in [0.717, 1.165) is 16.5 Å². The molecule has 0 aliphatic carbocycles. The van der Waals surface area contributed by atoms with E-state index in [4.69, 9.17) is 0 Å². The summed E-state index contributed by atoms with van der Waals surface area (Å²) < 4.78 is 1.72. The van der Waals surface area contributed by atoms with E-state index >= 15 is 0 Å². The minimum atomic E-state index is 0.781. The number of allylic oxidation sites excluding steroid dienone is 1. The van der Waals surface area contributed by atoms with Gasteiger partial charge in [0.2, 0.25) is 5.16 Å². The summed E-state index contributed by atoms with van der Waals surface area (Å²) in [6.45, 7) is 1.88. The average molecular weight is 258 g/mol. The van der Waals surface area contributed by atoms with Crippen LogP contribution in [0.25, 0.3) is 6.08 Å². The third-order valence-electron chi connectivity index (χ3n) is 2.31. The van der Waals surface area contributed by atoms with E-state index in [2.05, 4.69) is 15.3 Å². The lowest BCUT2D eigenvalue weighted by Crippen LogP contribution is -1.93. The van der Waals surface area contributed by atoms with Gasteiger partial charge in [-0.05, 0) is 24.8 Å². The molecule has 0 aliphatic heterocycles. The summed E-state index contributed by atoms with van der Waals surface area (Å²) in [6, 6.07) is 10.1. The van der Waals surface area contributed by atoms with Crippen LogP contribution in [0.1, 0.15) is 11.4 Å². The van der Waals surface area contributed by atoms with Gasteiger partial charge in [0.1, 0.15) is 0 Å². The fourth-order valence-corrected chi connectivity index (χ4v) is 1.90. The van der Waals surface area contributed by atoms with E-state index in [-0.39, 0.29) is 0 Å². The predicted molar refractivity (Wildman–Crippen MR) is 75.9 cm³/mol. The fourth-order valence-electron chi connectivity index (χ4n) is 1.42. The molecule has 0 spiro atoms. The molecule has 5 heteroatoms. The van der Waals surface area contributed by atoms with Gasteiger partial charge in [0.05, 0.1) is 0 Å². The van der Waals surface area contributed by atoms with Crippen molar-refractivity contribution in [2.75, 3.05) is 6.26 Å². The van der Waals surface area contributed by atoms with Gasteiger partial charge in [0.25, 0.3) is 0 Å². The SMILES string of the molecule is CSc1nnc(C)n1/N=C\C=C\c1ccccc1. The van der Waals surface area contributed by atoms with Crippen molar-refractivity contribution in [2.24, 2.45) is 5.10 Å². The summed E-state index contributed by atoms with van der Waals surface area (Å²) in [5.41, 5.74) is 1.15. The number of thioether (sulfide) groups is 1. The minimum Gasteiger partial charge on any atom is -0.192 e. The Morgan fingerprint density at radius 3 is 2.72 bits per heavy atom. The highest BCUT2D eigenvalue weighted by atomic mass is 32.2. The van der Waals surface area contributed by atoms with Crippen molar-refractivity contribution in [2.45, 2.75) is 12.1 Å². The zero-order chi connectivity index (χ0) is 12.8. The lowest BCUT2D eigenvalue weighted by molar-refractivity contribution is 0.746. The second-order valence-electron chi connectivity index (χ2n) is 3.58. The monoisotopic (exact) mass is 258 g/mol. The van der Waals surface area contributed by atoms with Gasteiger partial charge in [-0.25, -0.2) is 0 Å². The van der Waals surface area contributed by atoms with Gasteiger partial charge in [-0.1, -0.05) is 48.2 Å². The van der Waals surface area contributed by atoms with Crippen molar-refractivity contribution in [3.05, 3.63) is 47.8 Å². The van der Waals surface area contributed by atoms with Crippen LogP contribution >= 0.6 is 11.8 Å². The maximum Gasteiger partial charge on any atom is 0.211 e. The van der Waals surface area contributed by atoms with E-state index in [1.165, 1.54) is 11.8 Å². The number of benzene rings is 1. The molecule has 0 saturated heterocycles. The molecule has 1 aromatic heterocycles. The first-order valence-corrected chi connectivity index (χ1v) is 6.76. The van der Waals surface area contributed by atoms with Crippen molar-refractivity contribution in [1.82, 2.24) is 14.9 Å². The molecule has 0 amide bonds. The van der Waals surface area contributed by atoms with Gasteiger partial charge < -0.3 is 0 Å². The Morgan fingerprint density at radius 2 is 2.00 bits per heavy atom. The van der Waals surface area contributed by atoms with Crippen LogP contribution in [-0.4, -0.2) is 27.3 Å². The Bertz CT molecular complexity index is 558. The van der Waals surface area contributed by atoms with Crippen molar-refractivity contribution in [3.8, 4) is 0 Å². The number of rotatable bonds is 4. The highest BCUT2D eigenvalue weighted by Gasteiger charge is 2.04. The molecule has 4 nitrogen and oxygen atoms in total. The molecule has 2 rings (SSSR count). The third kappa shape index (κ3) is 3.07. The molecule has 0 aliphatic rings. The van der Waals surface area contributed by atoms with Crippen LogP contribution in [-0.2, 0) is 0 Å². The number of hydrogen-bond acceptors (Lipinski definition) is 4. The van der Waals surface area contributed by atoms with E-state index < -0.39 is 0 Å². The van der Waals surface area contributed by atoms with Gasteiger partial charge in [0.15, 0.2) is 5.82 Å². The molecule has 1 heterocycles. The molecule has 0 radical (unpaired) electrons. The molecule has 0 saturated carbocycles. The smallest absolute Gasteiger partial charge is 0.192 e. The molecule has 0 fully saturated rings. The summed E-state index contributed by atoms with van der Waals surface area (Å²) in [6.07, 6.45) is 7.60. The molecule has 0 bridgehead atoms. The first kappa shape index (κ1) is 12.6. The van der Waals surface area contributed by atoms with Crippen LogP contribution in [0.2, 0.25) is 0 Å².